The molecule has 2 aliphatic rings. The lowest BCUT2D eigenvalue weighted by Crippen LogP contribution is -2.29. The number of hydrogen-bond donors (Lipinski definition) is 1. The highest BCUT2D eigenvalue weighted by Crippen LogP contribution is 2.38. The molecule has 36 heavy (non-hydrogen) atoms. The summed E-state index contributed by atoms with van der Waals surface area (Å²) in [7, 11) is 1.94. The van der Waals surface area contributed by atoms with Gasteiger partial charge in [-0.3, -0.25) is 4.79 Å². The van der Waals surface area contributed by atoms with Crippen molar-refractivity contribution in [1.29, 1.82) is 0 Å². The lowest BCUT2D eigenvalue weighted by Gasteiger charge is -2.16. The van der Waals surface area contributed by atoms with Gasteiger partial charge in [0.25, 0.3) is 0 Å². The van der Waals surface area contributed by atoms with Gasteiger partial charge in [-0.1, -0.05) is 36.4 Å². The molecule has 3 heterocycles. The number of likely N-dealkylation sites (tertiary alicyclic amines) is 1. The molecule has 0 radical (unpaired) electrons. The third kappa shape index (κ3) is 3.51. The van der Waals surface area contributed by atoms with Gasteiger partial charge in [0.05, 0.1) is 11.0 Å². The molecule has 5 nitrogen and oxygen atoms in total. The summed E-state index contributed by atoms with van der Waals surface area (Å²) in [6.45, 7) is 1.40. The Labute approximate surface area is 208 Å². The summed E-state index contributed by atoms with van der Waals surface area (Å²) in [5.74, 6) is 1.15. The molecule has 1 saturated carbocycles. The van der Waals surface area contributed by atoms with Crippen LogP contribution in [0.25, 0.3) is 44.5 Å². The number of halogens is 1. The SMILES string of the molecule is Cn1c(-c2ccc(-c3ccc4cc[nH]c4c3)cc2)nc2c(C3CCN(C(=O)C4CC4)C3)cc(F)cc21. The number of amides is 1. The van der Waals surface area contributed by atoms with Crippen molar-refractivity contribution in [1.82, 2.24) is 19.4 Å². The second-order valence-electron chi connectivity index (χ2n) is 10.3. The first kappa shape index (κ1) is 21.4. The van der Waals surface area contributed by atoms with Crippen LogP contribution in [0.1, 0.15) is 30.7 Å². The number of nitrogens with zero attached hydrogens (tertiary/aromatic N) is 3. The molecule has 1 amide bonds. The number of nitrogens with one attached hydrogen (secondary N) is 1. The van der Waals surface area contributed by atoms with E-state index in [1.807, 2.05) is 22.7 Å². The molecule has 2 aromatic heterocycles. The number of aromatic amines is 1. The van der Waals surface area contributed by atoms with Crippen molar-refractivity contribution in [3.05, 3.63) is 78.2 Å². The fourth-order valence-corrected chi connectivity index (χ4v) is 5.69. The van der Waals surface area contributed by atoms with E-state index in [9.17, 15) is 9.18 Å². The maximum atomic E-state index is 14.7. The zero-order valence-corrected chi connectivity index (χ0v) is 20.2. The van der Waals surface area contributed by atoms with Crippen molar-refractivity contribution >= 4 is 27.8 Å². The van der Waals surface area contributed by atoms with Gasteiger partial charge in [0.15, 0.2) is 0 Å². The predicted molar refractivity (Wildman–Crippen MR) is 140 cm³/mol. The first-order valence-electron chi connectivity index (χ1n) is 12.7. The number of hydrogen-bond acceptors (Lipinski definition) is 2. The van der Waals surface area contributed by atoms with Gasteiger partial charge < -0.3 is 14.5 Å². The van der Waals surface area contributed by atoms with Crippen LogP contribution in [0.2, 0.25) is 0 Å². The Bertz CT molecular complexity index is 1630. The lowest BCUT2D eigenvalue weighted by atomic mass is 9.97. The molecule has 2 fully saturated rings. The maximum Gasteiger partial charge on any atom is 0.225 e. The fourth-order valence-electron chi connectivity index (χ4n) is 5.69. The quantitative estimate of drug-likeness (QED) is 0.332. The second-order valence-corrected chi connectivity index (χ2v) is 10.3. The summed E-state index contributed by atoms with van der Waals surface area (Å²) >= 11 is 0. The van der Waals surface area contributed by atoms with Gasteiger partial charge in [0.2, 0.25) is 5.91 Å². The van der Waals surface area contributed by atoms with E-state index in [1.54, 1.807) is 12.1 Å². The Balaban J connectivity index is 1.23. The van der Waals surface area contributed by atoms with Crippen LogP contribution in [0.15, 0.2) is 66.9 Å². The molecule has 1 N–H and O–H groups in total. The van der Waals surface area contributed by atoms with Crippen molar-refractivity contribution in [2.24, 2.45) is 13.0 Å². The summed E-state index contributed by atoms with van der Waals surface area (Å²) in [4.78, 5) is 22.8. The molecule has 0 bridgehead atoms. The molecule has 5 aromatic rings. The molecular formula is C30H27FN4O. The third-order valence-electron chi connectivity index (χ3n) is 7.88. The van der Waals surface area contributed by atoms with Gasteiger partial charge in [-0.05, 0) is 65.6 Å². The average Bonchev–Trinajstić information content (AvgIpc) is 3.29. The van der Waals surface area contributed by atoms with Gasteiger partial charge in [-0.2, -0.15) is 0 Å². The molecule has 6 heteroatoms. The Kier molecular flexibility index (Phi) is 4.78. The number of H-pyrrole nitrogens is 1. The van der Waals surface area contributed by atoms with Gasteiger partial charge in [0.1, 0.15) is 11.6 Å². The monoisotopic (exact) mass is 478 g/mol. The molecule has 0 spiro atoms. The molecule has 7 rings (SSSR count). The van der Waals surface area contributed by atoms with Crippen molar-refractivity contribution < 1.29 is 9.18 Å². The third-order valence-corrected chi connectivity index (χ3v) is 7.88. The van der Waals surface area contributed by atoms with E-state index in [2.05, 4.69) is 53.5 Å². The van der Waals surface area contributed by atoms with Crippen LogP contribution >= 0.6 is 0 Å². The van der Waals surface area contributed by atoms with Gasteiger partial charge in [0, 0.05) is 49.2 Å². The van der Waals surface area contributed by atoms with Crippen LogP contribution in [0.5, 0.6) is 0 Å². The van der Waals surface area contributed by atoms with Crippen molar-refractivity contribution in [3.8, 4) is 22.5 Å². The number of rotatable bonds is 4. The van der Waals surface area contributed by atoms with Crippen LogP contribution in [0.3, 0.4) is 0 Å². The smallest absolute Gasteiger partial charge is 0.225 e. The van der Waals surface area contributed by atoms with Gasteiger partial charge >= 0.3 is 0 Å². The Hall–Kier alpha value is -3.93. The van der Waals surface area contributed by atoms with E-state index >= 15 is 0 Å². The van der Waals surface area contributed by atoms with Crippen LogP contribution < -0.4 is 0 Å². The van der Waals surface area contributed by atoms with Crippen LogP contribution in [-0.4, -0.2) is 38.4 Å². The minimum absolute atomic E-state index is 0.110. The normalized spacial score (nSPS) is 17.9. The number of aryl methyl sites for hydroxylation is 1. The van der Waals surface area contributed by atoms with E-state index in [0.29, 0.717) is 6.54 Å². The number of aromatic nitrogens is 3. The zero-order valence-electron chi connectivity index (χ0n) is 20.2. The first-order valence-corrected chi connectivity index (χ1v) is 12.7. The highest BCUT2D eigenvalue weighted by molar-refractivity contribution is 5.87. The van der Waals surface area contributed by atoms with Gasteiger partial charge in [-0.25, -0.2) is 9.37 Å². The number of fused-ring (bicyclic) bond motifs is 2. The highest BCUT2D eigenvalue weighted by Gasteiger charge is 2.37. The van der Waals surface area contributed by atoms with Crippen molar-refractivity contribution in [3.63, 3.8) is 0 Å². The van der Waals surface area contributed by atoms with Gasteiger partial charge in [-0.15, -0.1) is 0 Å². The molecule has 180 valence electrons. The second kappa shape index (κ2) is 8.05. The highest BCUT2D eigenvalue weighted by atomic mass is 19.1. The minimum Gasteiger partial charge on any atom is -0.361 e. The van der Waals surface area contributed by atoms with E-state index in [0.717, 1.165) is 70.4 Å². The minimum atomic E-state index is -0.255. The fraction of sp³-hybridized carbons (Fsp3) is 0.267. The first-order chi connectivity index (χ1) is 17.5. The number of carbonyl (C=O) groups excluding carboxylic acids is 1. The Morgan fingerprint density at radius 3 is 2.56 bits per heavy atom. The van der Waals surface area contributed by atoms with Crippen molar-refractivity contribution in [2.75, 3.05) is 13.1 Å². The zero-order chi connectivity index (χ0) is 24.4. The number of benzene rings is 3. The molecule has 1 atom stereocenters. The molecule has 1 saturated heterocycles. The number of imidazole rings is 1. The summed E-state index contributed by atoms with van der Waals surface area (Å²) in [5, 5.41) is 1.19. The van der Waals surface area contributed by atoms with E-state index in [4.69, 9.17) is 4.98 Å². The Morgan fingerprint density at radius 2 is 1.75 bits per heavy atom. The van der Waals surface area contributed by atoms with Crippen molar-refractivity contribution in [2.45, 2.75) is 25.2 Å². The summed E-state index contributed by atoms with van der Waals surface area (Å²) in [6, 6.07) is 20.1. The number of carbonyl (C=O) groups is 1. The molecule has 3 aromatic carbocycles. The summed E-state index contributed by atoms with van der Waals surface area (Å²) in [6.07, 6.45) is 4.82. The van der Waals surface area contributed by atoms with Crippen LogP contribution in [0, 0.1) is 11.7 Å². The topological polar surface area (TPSA) is 53.9 Å². The molecule has 1 aliphatic carbocycles. The van der Waals surface area contributed by atoms with Crippen LogP contribution in [-0.2, 0) is 11.8 Å². The van der Waals surface area contributed by atoms with E-state index in [-0.39, 0.29) is 23.6 Å². The summed E-state index contributed by atoms with van der Waals surface area (Å²) in [5.41, 5.74) is 6.92. The molecular weight excluding hydrogens is 451 g/mol. The van der Waals surface area contributed by atoms with E-state index in [1.165, 1.54) is 5.39 Å². The average molecular weight is 479 g/mol. The maximum absolute atomic E-state index is 14.7. The predicted octanol–water partition coefficient (Wildman–Crippen LogP) is 6.25. The molecule has 1 unspecified atom stereocenters. The van der Waals surface area contributed by atoms with Crippen LogP contribution in [0.4, 0.5) is 4.39 Å². The largest absolute Gasteiger partial charge is 0.361 e. The van der Waals surface area contributed by atoms with E-state index < -0.39 is 0 Å². The standard InChI is InChI=1S/C30H27FN4O/c1-34-27-16-24(31)15-25(23-11-13-35(17-23)30(36)21-7-8-21)28(27)33-29(34)20-5-2-18(3-6-20)22-9-4-19-10-12-32-26(19)14-22/h2-6,9-10,12,14-16,21,23,32H,7-8,11,13,17H2,1H3. The summed E-state index contributed by atoms with van der Waals surface area (Å²) < 4.78 is 16.7. The molecule has 1 aliphatic heterocycles. The Morgan fingerprint density at radius 1 is 0.972 bits per heavy atom. The lowest BCUT2D eigenvalue weighted by molar-refractivity contribution is -0.131.